The van der Waals surface area contributed by atoms with Crippen LogP contribution in [0.4, 0.5) is 0 Å². The van der Waals surface area contributed by atoms with Crippen molar-refractivity contribution in [2.75, 3.05) is 26.4 Å². The van der Waals surface area contributed by atoms with Crippen LogP contribution in [0.2, 0.25) is 0 Å². The molecule has 0 aromatic rings. The lowest BCUT2D eigenvalue weighted by atomic mass is 9.94. The Morgan fingerprint density at radius 2 is 0.495 bits per heavy atom. The molecule has 10 heterocycles. The van der Waals surface area contributed by atoms with Gasteiger partial charge in [-0.3, -0.25) is 9.59 Å². The molecule has 26 N–H and O–H groups in total. The van der Waals surface area contributed by atoms with Gasteiger partial charge in [-0.15, -0.1) is 0 Å². The van der Waals surface area contributed by atoms with Crippen molar-refractivity contribution in [3.05, 3.63) is 0 Å². The summed E-state index contributed by atoms with van der Waals surface area (Å²) in [4.78, 5) is 25.9. The van der Waals surface area contributed by atoms with Gasteiger partial charge in [0.25, 0.3) is 0 Å². The third kappa shape index (κ3) is 19.1. The van der Waals surface area contributed by atoms with E-state index in [0.717, 1.165) is 13.8 Å². The van der Waals surface area contributed by atoms with Gasteiger partial charge in [-0.2, -0.15) is 0 Å². The van der Waals surface area contributed by atoms with E-state index in [1.807, 2.05) is 0 Å². The van der Waals surface area contributed by atoms with Gasteiger partial charge in [-0.25, -0.2) is 0 Å². The molecule has 47 nitrogen and oxygen atoms in total. The number of aliphatic hydroxyl groups is 24. The van der Waals surface area contributed by atoms with Crippen LogP contribution >= 0.6 is 0 Å². The van der Waals surface area contributed by atoms with Crippen LogP contribution in [0.1, 0.15) is 55.4 Å². The average Bonchev–Trinajstić information content (AvgIpc) is 0.766. The van der Waals surface area contributed by atoms with Gasteiger partial charge in [0.1, 0.15) is 207 Å². The summed E-state index contributed by atoms with van der Waals surface area (Å²) in [6, 6.07) is -3.65. The molecular formula is C64H108N2O45. The molecule has 111 heavy (non-hydrogen) atoms. The molecule has 47 heteroatoms. The minimum Gasteiger partial charge on any atom is -0.394 e. The number of aliphatic hydroxyl groups excluding tert-OH is 24. The molecule has 2 amide bonds. The molecule has 0 unspecified atom stereocenters. The minimum absolute atomic E-state index is 0.800. The van der Waals surface area contributed by atoms with Crippen LogP contribution in [0.25, 0.3) is 0 Å². The van der Waals surface area contributed by atoms with Crippen LogP contribution in [-0.4, -0.2) is 468 Å². The molecule has 50 atom stereocenters. The van der Waals surface area contributed by atoms with E-state index in [4.69, 9.17) is 90.0 Å². The van der Waals surface area contributed by atoms with Crippen molar-refractivity contribution in [1.82, 2.24) is 10.6 Å². The van der Waals surface area contributed by atoms with Gasteiger partial charge >= 0.3 is 0 Å². The predicted molar refractivity (Wildman–Crippen MR) is 344 cm³/mol. The van der Waals surface area contributed by atoms with Gasteiger partial charge < -0.3 is 223 Å². The fourth-order valence-electron chi connectivity index (χ4n) is 14.9. The number of nitrogens with one attached hydrogen (secondary N) is 2. The van der Waals surface area contributed by atoms with Gasteiger partial charge in [-0.05, 0) is 41.5 Å². The smallest absolute Gasteiger partial charge is 0.217 e. The van der Waals surface area contributed by atoms with Crippen molar-refractivity contribution in [2.45, 2.75) is 362 Å². The van der Waals surface area contributed by atoms with Crippen molar-refractivity contribution in [1.29, 1.82) is 0 Å². The quantitative estimate of drug-likeness (QED) is 0.0427. The normalized spacial score (nSPS) is 53.6. The topological polar surface area (TPSA) is 719 Å². The largest absolute Gasteiger partial charge is 0.394 e. The Balaban J connectivity index is 0.957. The van der Waals surface area contributed by atoms with E-state index in [1.54, 1.807) is 0 Å². The second-order valence-electron chi connectivity index (χ2n) is 29.4. The Hall–Kier alpha value is -2.78. The van der Waals surface area contributed by atoms with E-state index in [9.17, 15) is 132 Å². The van der Waals surface area contributed by atoms with Crippen LogP contribution in [0, 0.1) is 0 Å². The molecule has 0 saturated carbocycles. The van der Waals surface area contributed by atoms with Crippen LogP contribution in [0.3, 0.4) is 0 Å². The molecule has 0 bridgehead atoms. The second-order valence-corrected chi connectivity index (χ2v) is 29.4. The maximum Gasteiger partial charge on any atom is 0.217 e. The van der Waals surface area contributed by atoms with Crippen molar-refractivity contribution < 1.29 is 222 Å². The molecule has 0 radical (unpaired) electrons. The number of hydrogen-bond donors (Lipinski definition) is 26. The van der Waals surface area contributed by atoms with Crippen LogP contribution in [-0.2, 0) is 99.6 Å². The Bertz CT molecular complexity index is 2930. The van der Waals surface area contributed by atoms with Crippen LogP contribution < -0.4 is 10.6 Å². The number of hydrogen-bond acceptors (Lipinski definition) is 45. The van der Waals surface area contributed by atoms with E-state index in [2.05, 4.69) is 10.6 Å². The van der Waals surface area contributed by atoms with Gasteiger partial charge in [-0.1, -0.05) is 0 Å². The molecule has 10 aliphatic heterocycles. The highest BCUT2D eigenvalue weighted by molar-refractivity contribution is 5.73. The summed E-state index contributed by atoms with van der Waals surface area (Å²) in [5.41, 5.74) is 0. The lowest BCUT2D eigenvalue weighted by Gasteiger charge is -2.52. The summed E-state index contributed by atoms with van der Waals surface area (Å²) in [6.07, 6.45) is -92.9. The monoisotopic (exact) mass is 1620 g/mol. The van der Waals surface area contributed by atoms with Crippen molar-refractivity contribution in [3.8, 4) is 0 Å². The number of carbonyl (C=O) groups is 2. The van der Waals surface area contributed by atoms with Crippen molar-refractivity contribution in [2.24, 2.45) is 0 Å². The number of rotatable bonds is 24. The fraction of sp³-hybridized carbons (Fsp3) is 0.969. The molecule has 10 saturated heterocycles. The Kier molecular flexibility index (Phi) is 31.1. The molecular weight excluding hydrogens is 1520 g/mol. The van der Waals surface area contributed by atoms with Crippen LogP contribution in [0.5, 0.6) is 0 Å². The summed E-state index contributed by atoms with van der Waals surface area (Å²) in [6.45, 7) is 5.59. The summed E-state index contributed by atoms with van der Waals surface area (Å²) in [7, 11) is 0. The first-order chi connectivity index (χ1) is 52.3. The lowest BCUT2D eigenvalue weighted by Crippen LogP contribution is -2.70. The third-order valence-corrected chi connectivity index (χ3v) is 21.5. The lowest BCUT2D eigenvalue weighted by molar-refractivity contribution is -0.411. The summed E-state index contributed by atoms with van der Waals surface area (Å²) in [5, 5.41) is 273. The summed E-state index contributed by atoms with van der Waals surface area (Å²) in [5.74, 6) is -1.76. The molecule has 0 aromatic carbocycles. The van der Waals surface area contributed by atoms with E-state index < -0.39 is 345 Å². The maximum absolute atomic E-state index is 13.5. The standard InChI is InChI=1S/C64H108N2O45/c1-13-29(75)40(86)53(61(94-13)106-49-44(90)55(92)93-17(5)46(49)103-58-42(88)36(82)32(78)22(10-68)101-58)110-64-52(39(85)28(74)16(4)97-64)109-57-26(66-20(8)72)48(34(80)24(12-70)100-57)105-60-45(91)50(47(18(6)98-60)104-59-43(89)37(83)33(79)23(11-69)102-59)107-62-54(41(87)30(76)14(2)95-62)111-63-51(38(84)27(73)15(3)96-63)108-56-25(65-19(7)71)35(81)31(77)21(9-67)99-56/h13-18,21-64,67-70,73-92H,9-12H2,1-8H3,(H,65,71)(H,66,72)/t13-,14-,15-,16-,17-,18-,21+,22+,23+,24+,25+,26+,27-,28-,29-,30-,31+,32+,33+,34+,35+,36-,37-,38+,39+,40+,41+,42+,43+,44+,45+,46-,47-,48+,49-,50-,51+,52+,53+,54+,55+,56-,57-,58+,59+,60-,61-,62-,63-,64-/m0/s1. The first-order valence-corrected chi connectivity index (χ1v) is 36.3. The van der Waals surface area contributed by atoms with Gasteiger partial charge in [0.2, 0.25) is 11.8 Å². The first-order valence-electron chi connectivity index (χ1n) is 36.3. The van der Waals surface area contributed by atoms with E-state index in [-0.39, 0.29) is 0 Å². The predicted octanol–water partition coefficient (Wildman–Crippen LogP) is -16.4. The molecule has 0 aliphatic carbocycles. The van der Waals surface area contributed by atoms with E-state index >= 15 is 0 Å². The highest BCUT2D eigenvalue weighted by atomic mass is 16.8. The molecule has 644 valence electrons. The number of carbonyl (C=O) groups excluding carboxylic acids is 2. The molecule has 0 spiro atoms. The fourth-order valence-corrected chi connectivity index (χ4v) is 14.9. The SMILES string of the molecule is CC(=O)N[C@H]1[C@H](O[C@H]2[C@H](O[C@H]3[C@H](O[C@H]4[C@@H](O)[C@H](O[C@H]5[C@H](O)[C@@H](CO)O[C@@H](O[C@H]6[C@H](O[C@H]7[C@H](O[C@H]8[C@@H](O)[C@H](O)O[C@@H](C)[C@@H]8O[C@H]8O[C@H](CO)[C@@H](O)[C@H](O)[C@H]8O)O[C@@H](C)[C@H](O)[C@H]7O)O[C@@H](C)[C@H](O)[C@H]6O)[C@@H]5NC(C)=O)O[C@@H](C)[C@@H]4O[C@H]4O[C@H](CO)[C@@H](O)[C@H](O)[C@H]4O)O[C@@H](C)[C@H](O)[C@H]3O)O[C@@H](C)[C@H](O)[C@H]2O)O[C@H](CO)[C@@H](O)[C@@H]1O. The second kappa shape index (κ2) is 38.1. The Morgan fingerprint density at radius 1 is 0.234 bits per heavy atom. The van der Waals surface area contributed by atoms with E-state index in [1.165, 1.54) is 41.5 Å². The van der Waals surface area contributed by atoms with Gasteiger partial charge in [0.05, 0.1) is 63.1 Å². The van der Waals surface area contributed by atoms with Crippen molar-refractivity contribution in [3.63, 3.8) is 0 Å². The Morgan fingerprint density at radius 3 is 0.856 bits per heavy atom. The third-order valence-electron chi connectivity index (χ3n) is 21.5. The highest BCUT2D eigenvalue weighted by Crippen LogP contribution is 2.42. The zero-order chi connectivity index (χ0) is 81.7. The summed E-state index contributed by atoms with van der Waals surface area (Å²) >= 11 is 0. The minimum atomic E-state index is -2.43. The van der Waals surface area contributed by atoms with Crippen molar-refractivity contribution >= 4 is 11.8 Å². The zero-order valence-corrected chi connectivity index (χ0v) is 61.0. The van der Waals surface area contributed by atoms with Gasteiger partial charge in [0, 0.05) is 13.8 Å². The average molecular weight is 1630 g/mol. The maximum atomic E-state index is 13.5. The molecule has 10 rings (SSSR count). The zero-order valence-electron chi connectivity index (χ0n) is 61.0. The number of amides is 2. The van der Waals surface area contributed by atoms with E-state index in [0.29, 0.717) is 0 Å². The number of ether oxygens (including phenoxy) is 19. The summed E-state index contributed by atoms with van der Waals surface area (Å²) < 4.78 is 115. The molecule has 10 fully saturated rings. The molecule has 0 aromatic heterocycles. The Labute approximate surface area is 631 Å². The van der Waals surface area contributed by atoms with Crippen LogP contribution in [0.15, 0.2) is 0 Å². The first kappa shape index (κ1) is 90.5. The highest BCUT2D eigenvalue weighted by Gasteiger charge is 2.62. The van der Waals surface area contributed by atoms with Gasteiger partial charge in [0.15, 0.2) is 62.9 Å². The molecule has 10 aliphatic rings.